The molecule has 0 saturated heterocycles. The summed E-state index contributed by atoms with van der Waals surface area (Å²) >= 11 is 1.32. The summed E-state index contributed by atoms with van der Waals surface area (Å²) in [5.74, 6) is -1.74. The van der Waals surface area contributed by atoms with Crippen molar-refractivity contribution < 1.29 is 28.8 Å². The normalized spacial score (nSPS) is 11.6. The quantitative estimate of drug-likeness (QED) is 0.0322. The van der Waals surface area contributed by atoms with Crippen LogP contribution in [-0.4, -0.2) is 40.5 Å². The molecule has 0 heterocycles. The number of anilines is 2. The topological polar surface area (TPSA) is 157 Å². The van der Waals surface area contributed by atoms with Crippen molar-refractivity contribution in [1.29, 1.82) is 0 Å². The molecule has 0 spiro atoms. The number of unbranched alkanes of at least 4 members (excludes halogenated alkanes) is 1. The predicted octanol–water partition coefficient (Wildman–Crippen LogP) is 7.08. The molecule has 11 nitrogen and oxygen atoms in total. The molecule has 1 atom stereocenters. The Hall–Kier alpha value is -5.75. The highest BCUT2D eigenvalue weighted by molar-refractivity contribution is 8.00. The average Bonchev–Trinajstić information content (AvgIpc) is 3.09. The number of nitro groups is 1. The van der Waals surface area contributed by atoms with Gasteiger partial charge < -0.3 is 20.7 Å². The molecular formula is C36H34N4O7S. The third kappa shape index (κ3) is 10.4. The van der Waals surface area contributed by atoms with Crippen LogP contribution in [0.25, 0.3) is 6.08 Å². The van der Waals surface area contributed by atoms with Crippen LogP contribution >= 0.6 is 11.8 Å². The maximum absolute atomic E-state index is 13.3. The molecule has 1 unspecified atom stereocenters. The number of hydrogen-bond donors (Lipinski definition) is 3. The minimum Gasteiger partial charge on any atom is -0.462 e. The molecule has 4 aromatic carbocycles. The lowest BCUT2D eigenvalue weighted by Crippen LogP contribution is -2.30. The first-order chi connectivity index (χ1) is 23.1. The van der Waals surface area contributed by atoms with E-state index in [1.807, 2.05) is 6.92 Å². The van der Waals surface area contributed by atoms with Gasteiger partial charge in [0.2, 0.25) is 5.91 Å². The number of amides is 3. The van der Waals surface area contributed by atoms with Crippen LogP contribution in [0.5, 0.6) is 0 Å². The van der Waals surface area contributed by atoms with E-state index in [0.29, 0.717) is 34.7 Å². The number of rotatable bonds is 14. The zero-order valence-electron chi connectivity index (χ0n) is 26.3. The number of nitrogens with one attached hydrogen (secondary N) is 3. The summed E-state index contributed by atoms with van der Waals surface area (Å²) in [5, 5.41) is 18.8. The lowest BCUT2D eigenvalue weighted by atomic mass is 10.1. The standard InChI is InChI=1S/C36H34N4O7S/c1-3-4-22-47-36(44)27-12-14-28(15-13-27)37-33(41)24(2)48-31-20-16-29(17-21-31)38-35(43)32(39-34(42)26-8-6-5-7-9-26)23-25-10-18-30(19-11-25)40(45)46/h5-21,23-24H,3-4,22H2,1-2H3,(H,37,41)(H,38,43)(H,39,42)/b32-23-. The summed E-state index contributed by atoms with van der Waals surface area (Å²) in [7, 11) is 0. The van der Waals surface area contributed by atoms with Gasteiger partial charge in [0.1, 0.15) is 5.70 Å². The van der Waals surface area contributed by atoms with E-state index in [9.17, 15) is 29.3 Å². The monoisotopic (exact) mass is 666 g/mol. The fourth-order valence-electron chi connectivity index (χ4n) is 4.20. The summed E-state index contributed by atoms with van der Waals surface area (Å²) in [4.78, 5) is 62.4. The van der Waals surface area contributed by atoms with Crippen LogP contribution in [0.15, 0.2) is 114 Å². The van der Waals surface area contributed by atoms with E-state index in [4.69, 9.17) is 4.74 Å². The Bertz CT molecular complexity index is 1780. The number of hydrogen-bond acceptors (Lipinski definition) is 8. The van der Waals surface area contributed by atoms with Crippen molar-refractivity contribution in [2.45, 2.75) is 36.8 Å². The molecule has 3 N–H and O–H groups in total. The zero-order valence-corrected chi connectivity index (χ0v) is 27.1. The van der Waals surface area contributed by atoms with E-state index in [-0.39, 0.29) is 17.3 Å². The maximum atomic E-state index is 13.3. The highest BCUT2D eigenvalue weighted by Crippen LogP contribution is 2.26. The second-order valence-corrected chi connectivity index (χ2v) is 11.9. The third-order valence-electron chi connectivity index (χ3n) is 6.86. The van der Waals surface area contributed by atoms with Gasteiger partial charge in [-0.25, -0.2) is 4.79 Å². The Labute approximate surface area is 281 Å². The first-order valence-electron chi connectivity index (χ1n) is 15.1. The summed E-state index contributed by atoms with van der Waals surface area (Å²) in [6.07, 6.45) is 3.15. The van der Waals surface area contributed by atoms with Crippen molar-refractivity contribution in [3.63, 3.8) is 0 Å². The van der Waals surface area contributed by atoms with E-state index in [1.54, 1.807) is 85.8 Å². The van der Waals surface area contributed by atoms with Gasteiger partial charge in [0, 0.05) is 34.0 Å². The van der Waals surface area contributed by atoms with Gasteiger partial charge in [-0.15, -0.1) is 11.8 Å². The number of nitrogens with zero attached hydrogens (tertiary/aromatic N) is 1. The summed E-state index contributed by atoms with van der Waals surface area (Å²) in [5.41, 5.74) is 2.05. The van der Waals surface area contributed by atoms with Gasteiger partial charge in [0.25, 0.3) is 17.5 Å². The van der Waals surface area contributed by atoms with Gasteiger partial charge in [0.15, 0.2) is 0 Å². The summed E-state index contributed by atoms with van der Waals surface area (Å²) in [6, 6.07) is 27.3. The minimum atomic E-state index is -0.606. The van der Waals surface area contributed by atoms with Gasteiger partial charge in [-0.2, -0.15) is 0 Å². The molecule has 4 rings (SSSR count). The van der Waals surface area contributed by atoms with Crippen molar-refractivity contribution in [2.75, 3.05) is 17.2 Å². The Morgan fingerprint density at radius 1 is 0.833 bits per heavy atom. The lowest BCUT2D eigenvalue weighted by molar-refractivity contribution is -0.384. The van der Waals surface area contributed by atoms with Crippen LogP contribution in [0, 0.1) is 10.1 Å². The molecular weight excluding hydrogens is 632 g/mol. The van der Waals surface area contributed by atoms with Gasteiger partial charge in [-0.1, -0.05) is 31.5 Å². The number of carbonyl (C=O) groups excluding carboxylic acids is 4. The van der Waals surface area contributed by atoms with E-state index in [1.165, 1.54) is 42.1 Å². The number of nitro benzene ring substituents is 1. The highest BCUT2D eigenvalue weighted by Gasteiger charge is 2.18. The maximum Gasteiger partial charge on any atom is 0.338 e. The SMILES string of the molecule is CCCCOC(=O)c1ccc(NC(=O)C(C)Sc2ccc(NC(=O)/C(=C/c3ccc([N+](=O)[O-])cc3)NC(=O)c3ccccc3)cc2)cc1. The van der Waals surface area contributed by atoms with Crippen molar-refractivity contribution in [3.05, 3.63) is 136 Å². The van der Waals surface area contributed by atoms with Gasteiger partial charge in [-0.05, 0) is 97.8 Å². The Morgan fingerprint density at radius 2 is 1.46 bits per heavy atom. The van der Waals surface area contributed by atoms with Gasteiger partial charge >= 0.3 is 5.97 Å². The molecule has 48 heavy (non-hydrogen) atoms. The van der Waals surface area contributed by atoms with Crippen molar-refractivity contribution >= 4 is 58.6 Å². The molecule has 0 aromatic heterocycles. The molecule has 0 aliphatic carbocycles. The summed E-state index contributed by atoms with van der Waals surface area (Å²) < 4.78 is 5.21. The number of ether oxygens (including phenoxy) is 1. The number of carbonyl (C=O) groups is 4. The van der Waals surface area contributed by atoms with Crippen LogP contribution in [0.2, 0.25) is 0 Å². The zero-order chi connectivity index (χ0) is 34.5. The fraction of sp³-hybridized carbons (Fsp3) is 0.167. The smallest absolute Gasteiger partial charge is 0.338 e. The highest BCUT2D eigenvalue weighted by atomic mass is 32.2. The first kappa shape index (κ1) is 35.1. The van der Waals surface area contributed by atoms with E-state index in [2.05, 4.69) is 16.0 Å². The van der Waals surface area contributed by atoms with Crippen molar-refractivity contribution in [2.24, 2.45) is 0 Å². The van der Waals surface area contributed by atoms with Crippen molar-refractivity contribution in [3.8, 4) is 0 Å². The van der Waals surface area contributed by atoms with Gasteiger partial charge in [-0.3, -0.25) is 24.5 Å². The van der Waals surface area contributed by atoms with Gasteiger partial charge in [0.05, 0.1) is 22.3 Å². The number of thioether (sulfide) groups is 1. The molecule has 3 amide bonds. The van der Waals surface area contributed by atoms with E-state index in [0.717, 1.165) is 17.7 Å². The lowest BCUT2D eigenvalue weighted by Gasteiger charge is -2.14. The molecule has 0 fully saturated rings. The molecule has 0 aliphatic heterocycles. The third-order valence-corrected chi connectivity index (χ3v) is 7.97. The fourth-order valence-corrected chi connectivity index (χ4v) is 5.07. The minimum absolute atomic E-state index is 0.0668. The van der Waals surface area contributed by atoms with Crippen LogP contribution < -0.4 is 16.0 Å². The molecule has 4 aromatic rings. The first-order valence-corrected chi connectivity index (χ1v) is 16.0. The number of non-ortho nitro benzene ring substituents is 1. The molecule has 0 radical (unpaired) electrons. The van der Waals surface area contributed by atoms with E-state index < -0.39 is 28.0 Å². The molecule has 246 valence electrons. The van der Waals surface area contributed by atoms with Crippen molar-refractivity contribution in [1.82, 2.24) is 5.32 Å². The molecule has 0 saturated carbocycles. The second kappa shape index (κ2) is 17.2. The Morgan fingerprint density at radius 3 is 2.08 bits per heavy atom. The van der Waals surface area contributed by atoms with E-state index >= 15 is 0 Å². The number of esters is 1. The molecule has 0 aliphatic rings. The average molecular weight is 667 g/mol. The Balaban J connectivity index is 1.37. The molecule has 12 heteroatoms. The van der Waals surface area contributed by atoms with Crippen LogP contribution in [0.4, 0.5) is 17.1 Å². The second-order valence-electron chi connectivity index (χ2n) is 10.5. The van der Waals surface area contributed by atoms with Crippen LogP contribution in [-0.2, 0) is 14.3 Å². The number of benzene rings is 4. The largest absolute Gasteiger partial charge is 0.462 e. The van der Waals surface area contributed by atoms with Crippen LogP contribution in [0.1, 0.15) is 53.0 Å². The summed E-state index contributed by atoms with van der Waals surface area (Å²) in [6.45, 7) is 4.14. The molecule has 0 bridgehead atoms. The van der Waals surface area contributed by atoms with Crippen LogP contribution in [0.3, 0.4) is 0 Å². The Kier molecular flexibility index (Phi) is 12.6. The predicted molar refractivity (Wildman–Crippen MR) is 186 cm³/mol.